The Balaban J connectivity index is 0.00000169. The van der Waals surface area contributed by atoms with Crippen LogP contribution in [0.15, 0.2) is 42.6 Å². The van der Waals surface area contributed by atoms with Gasteiger partial charge >= 0.3 is 0 Å². The predicted molar refractivity (Wildman–Crippen MR) is 92.7 cm³/mol. The Hall–Kier alpha value is -1.85. The van der Waals surface area contributed by atoms with Crippen molar-refractivity contribution in [3.8, 4) is 0 Å². The molecule has 6 heteroatoms. The lowest BCUT2D eigenvalue weighted by atomic mass is 9.89. The smallest absolute Gasteiger partial charge is 0.270 e. The van der Waals surface area contributed by atoms with E-state index >= 15 is 0 Å². The lowest BCUT2D eigenvalue weighted by Crippen LogP contribution is -2.35. The Bertz CT molecular complexity index is 747. The third kappa shape index (κ3) is 2.72. The molecule has 24 heavy (non-hydrogen) atoms. The number of amides is 1. The van der Waals surface area contributed by atoms with E-state index in [9.17, 15) is 9.18 Å². The maximum Gasteiger partial charge on any atom is 0.270 e. The fraction of sp³-hybridized carbons (Fsp3) is 0.389. The molecule has 2 aliphatic heterocycles. The summed E-state index contributed by atoms with van der Waals surface area (Å²) in [6, 6.07) is 10.3. The van der Waals surface area contributed by atoms with Gasteiger partial charge in [-0.15, -0.1) is 12.4 Å². The van der Waals surface area contributed by atoms with Crippen LogP contribution >= 0.6 is 12.4 Å². The van der Waals surface area contributed by atoms with E-state index in [2.05, 4.69) is 5.32 Å². The molecular weight excluding hydrogens is 329 g/mol. The molecule has 0 saturated carbocycles. The molecule has 128 valence electrons. The van der Waals surface area contributed by atoms with Gasteiger partial charge in [-0.2, -0.15) is 0 Å². The maximum absolute atomic E-state index is 13.7. The molecule has 4 nitrogen and oxygen atoms in total. The van der Waals surface area contributed by atoms with Crippen molar-refractivity contribution >= 4 is 18.3 Å². The molecule has 2 aromatic rings. The number of fused-ring (bicyclic) bond motifs is 1. The average molecular weight is 350 g/mol. The van der Waals surface area contributed by atoms with Crippen LogP contribution in [-0.2, 0) is 7.05 Å². The molecule has 0 spiro atoms. The summed E-state index contributed by atoms with van der Waals surface area (Å²) < 4.78 is 15.6. The standard InChI is InChI=1S/C18H20FN3O.ClH/c1-21-7-3-6-16(21)18(23)22-11-13-9-20-10-15(13)17(22)12-4-2-5-14(19)8-12;/h2-8,13,15,17,20H,9-11H2,1H3;1H/t13-,15-,17+;/m0./s1. The lowest BCUT2D eigenvalue weighted by molar-refractivity contribution is 0.0704. The van der Waals surface area contributed by atoms with Gasteiger partial charge in [-0.1, -0.05) is 12.1 Å². The van der Waals surface area contributed by atoms with Crippen molar-refractivity contribution in [1.82, 2.24) is 14.8 Å². The molecular formula is C18H21ClFN3O. The van der Waals surface area contributed by atoms with Gasteiger partial charge < -0.3 is 14.8 Å². The van der Waals surface area contributed by atoms with E-state index in [4.69, 9.17) is 0 Å². The van der Waals surface area contributed by atoms with E-state index in [0.717, 1.165) is 25.2 Å². The predicted octanol–water partition coefficient (Wildman–Crippen LogP) is 2.62. The van der Waals surface area contributed by atoms with Gasteiger partial charge in [0.1, 0.15) is 11.5 Å². The summed E-state index contributed by atoms with van der Waals surface area (Å²) in [6.45, 7) is 2.53. The molecule has 2 aliphatic rings. The van der Waals surface area contributed by atoms with Gasteiger partial charge in [0.15, 0.2) is 0 Å². The number of rotatable bonds is 2. The highest BCUT2D eigenvalue weighted by Crippen LogP contribution is 2.43. The summed E-state index contributed by atoms with van der Waals surface area (Å²) >= 11 is 0. The molecule has 0 radical (unpaired) electrons. The maximum atomic E-state index is 13.7. The number of aromatic nitrogens is 1. The molecule has 0 bridgehead atoms. The van der Waals surface area contributed by atoms with Gasteiger partial charge in [-0.25, -0.2) is 4.39 Å². The van der Waals surface area contributed by atoms with E-state index in [1.54, 1.807) is 12.1 Å². The first-order chi connectivity index (χ1) is 11.1. The number of benzene rings is 1. The Labute approximate surface area is 147 Å². The summed E-state index contributed by atoms with van der Waals surface area (Å²) in [5.41, 5.74) is 1.57. The minimum atomic E-state index is -0.247. The molecule has 1 amide bonds. The number of likely N-dealkylation sites (tertiary alicyclic amines) is 1. The summed E-state index contributed by atoms with van der Waals surface area (Å²) in [5, 5.41) is 3.41. The van der Waals surface area contributed by atoms with Crippen LogP contribution in [0.5, 0.6) is 0 Å². The average Bonchev–Trinajstić information content (AvgIpc) is 3.21. The van der Waals surface area contributed by atoms with Crippen molar-refractivity contribution in [2.75, 3.05) is 19.6 Å². The third-order valence-electron chi connectivity index (χ3n) is 5.18. The topological polar surface area (TPSA) is 37.3 Å². The van der Waals surface area contributed by atoms with Crippen LogP contribution in [0.4, 0.5) is 4.39 Å². The Morgan fingerprint density at radius 2 is 2.08 bits per heavy atom. The number of aryl methyl sites for hydroxylation is 1. The van der Waals surface area contributed by atoms with Gasteiger partial charge in [0, 0.05) is 38.8 Å². The fourth-order valence-corrected chi connectivity index (χ4v) is 4.08. The SMILES string of the molecule is Cl.Cn1cccc1C(=O)N1C[C@@H]2CNC[C@@H]2[C@H]1c1cccc(F)c1. The summed E-state index contributed by atoms with van der Waals surface area (Å²) in [4.78, 5) is 15.0. The van der Waals surface area contributed by atoms with Crippen LogP contribution in [0.3, 0.4) is 0 Å². The van der Waals surface area contributed by atoms with Crippen LogP contribution < -0.4 is 5.32 Å². The van der Waals surface area contributed by atoms with Crippen LogP contribution in [0.1, 0.15) is 22.1 Å². The zero-order valence-electron chi connectivity index (χ0n) is 13.5. The van der Waals surface area contributed by atoms with Gasteiger partial charge in [0.05, 0.1) is 6.04 Å². The minimum absolute atomic E-state index is 0. The van der Waals surface area contributed by atoms with Crippen LogP contribution in [0.2, 0.25) is 0 Å². The molecule has 0 unspecified atom stereocenters. The molecule has 4 rings (SSSR count). The first-order valence-electron chi connectivity index (χ1n) is 8.03. The molecule has 1 aromatic heterocycles. The van der Waals surface area contributed by atoms with E-state index < -0.39 is 0 Å². The first kappa shape index (κ1) is 17.0. The molecule has 3 atom stereocenters. The van der Waals surface area contributed by atoms with E-state index in [1.165, 1.54) is 6.07 Å². The number of hydrogen-bond donors (Lipinski definition) is 1. The van der Waals surface area contributed by atoms with Gasteiger partial charge in [-0.05, 0) is 35.7 Å². The highest BCUT2D eigenvalue weighted by Gasteiger charge is 2.47. The van der Waals surface area contributed by atoms with Gasteiger partial charge in [0.2, 0.25) is 0 Å². The van der Waals surface area contributed by atoms with Crippen molar-refractivity contribution in [2.24, 2.45) is 18.9 Å². The van der Waals surface area contributed by atoms with Gasteiger partial charge in [-0.3, -0.25) is 4.79 Å². The highest BCUT2D eigenvalue weighted by molar-refractivity contribution is 5.93. The largest absolute Gasteiger partial charge is 0.347 e. The second-order valence-electron chi connectivity index (χ2n) is 6.54. The lowest BCUT2D eigenvalue weighted by Gasteiger charge is -2.28. The van der Waals surface area contributed by atoms with Crippen molar-refractivity contribution in [3.05, 3.63) is 59.7 Å². The third-order valence-corrected chi connectivity index (χ3v) is 5.18. The number of nitrogens with zero attached hydrogens (tertiary/aromatic N) is 2. The highest BCUT2D eigenvalue weighted by atomic mass is 35.5. The molecule has 2 saturated heterocycles. The Morgan fingerprint density at radius 1 is 1.25 bits per heavy atom. The van der Waals surface area contributed by atoms with Crippen molar-refractivity contribution < 1.29 is 9.18 Å². The normalized spacial score (nSPS) is 25.4. The van der Waals surface area contributed by atoms with Crippen molar-refractivity contribution in [2.45, 2.75) is 6.04 Å². The molecule has 2 fully saturated rings. The summed E-state index contributed by atoms with van der Waals surface area (Å²) in [7, 11) is 1.88. The van der Waals surface area contributed by atoms with E-state index in [1.807, 2.05) is 40.9 Å². The second-order valence-corrected chi connectivity index (χ2v) is 6.54. The van der Waals surface area contributed by atoms with Crippen LogP contribution in [0.25, 0.3) is 0 Å². The number of halogens is 2. The fourth-order valence-electron chi connectivity index (χ4n) is 4.08. The van der Waals surface area contributed by atoms with E-state index in [-0.39, 0.29) is 30.2 Å². The summed E-state index contributed by atoms with van der Waals surface area (Å²) in [5.74, 6) is 0.567. The molecule has 0 aliphatic carbocycles. The minimum Gasteiger partial charge on any atom is -0.347 e. The monoisotopic (exact) mass is 349 g/mol. The Kier molecular flexibility index (Phi) is 4.65. The molecule has 3 heterocycles. The quantitative estimate of drug-likeness (QED) is 0.905. The number of nitrogens with one attached hydrogen (secondary N) is 1. The first-order valence-corrected chi connectivity index (χ1v) is 8.03. The zero-order chi connectivity index (χ0) is 16.0. The van der Waals surface area contributed by atoms with Crippen LogP contribution in [-0.4, -0.2) is 35.0 Å². The van der Waals surface area contributed by atoms with Crippen molar-refractivity contribution in [3.63, 3.8) is 0 Å². The van der Waals surface area contributed by atoms with Crippen molar-refractivity contribution in [1.29, 1.82) is 0 Å². The Morgan fingerprint density at radius 3 is 2.79 bits per heavy atom. The summed E-state index contributed by atoms with van der Waals surface area (Å²) in [6.07, 6.45) is 1.88. The molecule has 1 aromatic carbocycles. The number of carbonyl (C=O) groups excluding carboxylic acids is 1. The number of carbonyl (C=O) groups is 1. The second kappa shape index (κ2) is 6.57. The van der Waals surface area contributed by atoms with E-state index in [0.29, 0.717) is 17.5 Å². The van der Waals surface area contributed by atoms with Gasteiger partial charge in [0.25, 0.3) is 5.91 Å². The molecule has 1 N–H and O–H groups in total. The van der Waals surface area contributed by atoms with Crippen LogP contribution in [0, 0.1) is 17.7 Å². The zero-order valence-corrected chi connectivity index (χ0v) is 14.3. The number of hydrogen-bond acceptors (Lipinski definition) is 2.